The van der Waals surface area contributed by atoms with Crippen molar-refractivity contribution in [1.29, 1.82) is 0 Å². The van der Waals surface area contributed by atoms with Gasteiger partial charge >= 0.3 is 0 Å². The van der Waals surface area contributed by atoms with Crippen molar-refractivity contribution in [3.8, 4) is 0 Å². The minimum atomic E-state index is -0.201. The van der Waals surface area contributed by atoms with E-state index in [0.717, 1.165) is 5.69 Å². The van der Waals surface area contributed by atoms with E-state index < -0.39 is 0 Å². The van der Waals surface area contributed by atoms with Crippen LogP contribution in [0.4, 0.5) is 23.5 Å². The maximum absolute atomic E-state index is 5.48. The summed E-state index contributed by atoms with van der Waals surface area (Å²) in [6, 6.07) is 9.74. The van der Waals surface area contributed by atoms with Crippen molar-refractivity contribution in [2.45, 2.75) is 27.0 Å². The summed E-state index contributed by atoms with van der Waals surface area (Å²) in [7, 11) is 0. The fourth-order valence-electron chi connectivity index (χ4n) is 2.08. The van der Waals surface area contributed by atoms with Gasteiger partial charge in [-0.25, -0.2) is 0 Å². The number of hydrogen-bond donors (Lipinski definition) is 3. The van der Waals surface area contributed by atoms with Gasteiger partial charge in [-0.05, 0) is 32.9 Å². The topological polar surface area (TPSA) is 93.2 Å². The van der Waals surface area contributed by atoms with Crippen molar-refractivity contribution >= 4 is 23.5 Å². The third kappa shape index (κ3) is 6.90. The predicted octanol–water partition coefficient (Wildman–Crippen LogP) is 2.86. The van der Waals surface area contributed by atoms with E-state index in [1.54, 1.807) is 0 Å². The molecule has 0 aliphatic rings. The van der Waals surface area contributed by atoms with E-state index in [1.807, 2.05) is 51.1 Å². The van der Waals surface area contributed by atoms with Gasteiger partial charge in [0.2, 0.25) is 17.8 Å². The Balaban J connectivity index is 2.12. The largest absolute Gasteiger partial charge is 0.380 e. The van der Waals surface area contributed by atoms with Gasteiger partial charge in [-0.1, -0.05) is 18.2 Å². The zero-order valence-electron chi connectivity index (χ0n) is 15.0. The fraction of sp³-hybridized carbons (Fsp3) is 0.471. The van der Waals surface area contributed by atoms with Crippen LogP contribution in [-0.4, -0.2) is 47.5 Å². The number of nitrogens with one attached hydrogen (secondary N) is 3. The van der Waals surface area contributed by atoms with Gasteiger partial charge in [-0.15, -0.1) is 0 Å². The van der Waals surface area contributed by atoms with E-state index in [0.29, 0.717) is 44.2 Å². The molecule has 3 N–H and O–H groups in total. The molecule has 2 rings (SSSR count). The smallest absolute Gasteiger partial charge is 0.233 e. The Morgan fingerprint density at radius 3 is 2.40 bits per heavy atom. The number of aromatic nitrogens is 3. The quantitative estimate of drug-likeness (QED) is 0.422. The van der Waals surface area contributed by atoms with Crippen LogP contribution in [0.5, 0.6) is 0 Å². The van der Waals surface area contributed by atoms with Crippen molar-refractivity contribution in [3.63, 3.8) is 0 Å². The SMILES string of the molecule is CCOCCNc1nc(Nc2ccccc2)nc(NC(C)OCC)n1. The second-order valence-corrected chi connectivity index (χ2v) is 5.16. The first kappa shape index (κ1) is 18.9. The highest BCUT2D eigenvalue weighted by Gasteiger charge is 2.09. The predicted molar refractivity (Wildman–Crippen MR) is 99.2 cm³/mol. The van der Waals surface area contributed by atoms with Gasteiger partial charge in [0.15, 0.2) is 0 Å². The Kier molecular flexibility index (Phi) is 7.87. The van der Waals surface area contributed by atoms with Gasteiger partial charge in [-0.3, -0.25) is 0 Å². The summed E-state index contributed by atoms with van der Waals surface area (Å²) >= 11 is 0. The Labute approximate surface area is 148 Å². The number of anilines is 4. The van der Waals surface area contributed by atoms with Gasteiger partial charge in [0.05, 0.1) is 6.61 Å². The van der Waals surface area contributed by atoms with Crippen LogP contribution in [-0.2, 0) is 9.47 Å². The first-order chi connectivity index (χ1) is 12.2. The summed E-state index contributed by atoms with van der Waals surface area (Å²) in [6.07, 6.45) is -0.201. The second kappa shape index (κ2) is 10.4. The lowest BCUT2D eigenvalue weighted by molar-refractivity contribution is 0.0955. The van der Waals surface area contributed by atoms with E-state index >= 15 is 0 Å². The molecule has 2 aromatic rings. The molecule has 8 nitrogen and oxygen atoms in total. The molecule has 0 radical (unpaired) electrons. The molecule has 25 heavy (non-hydrogen) atoms. The van der Waals surface area contributed by atoms with Crippen molar-refractivity contribution in [2.75, 3.05) is 42.3 Å². The number of benzene rings is 1. The standard InChI is InChI=1S/C17H26N6O2/c1-4-24-12-11-18-15-21-16(19-13(3)25-5-2)23-17(22-15)20-14-9-7-6-8-10-14/h6-10,13H,4-5,11-12H2,1-3H3,(H3,18,19,20,21,22,23). The molecule has 0 saturated heterocycles. The molecule has 1 unspecified atom stereocenters. The van der Waals surface area contributed by atoms with Crippen molar-refractivity contribution in [3.05, 3.63) is 30.3 Å². The normalized spacial score (nSPS) is 11.8. The third-order valence-electron chi connectivity index (χ3n) is 3.15. The Morgan fingerprint density at radius 1 is 0.960 bits per heavy atom. The van der Waals surface area contributed by atoms with Gasteiger partial charge in [-0.2, -0.15) is 15.0 Å². The minimum absolute atomic E-state index is 0.201. The van der Waals surface area contributed by atoms with Gasteiger partial charge in [0.25, 0.3) is 0 Å². The van der Waals surface area contributed by atoms with Gasteiger partial charge in [0, 0.05) is 25.4 Å². The summed E-state index contributed by atoms with van der Waals surface area (Å²) in [5, 5.41) is 9.44. The van der Waals surface area contributed by atoms with Crippen LogP contribution in [0.3, 0.4) is 0 Å². The average molecular weight is 346 g/mol. The lowest BCUT2D eigenvalue weighted by Gasteiger charge is -2.15. The molecule has 8 heteroatoms. The highest BCUT2D eigenvalue weighted by atomic mass is 16.5. The number of para-hydroxylation sites is 1. The van der Waals surface area contributed by atoms with Crippen LogP contribution in [0, 0.1) is 0 Å². The molecule has 0 amide bonds. The lowest BCUT2D eigenvalue weighted by Crippen LogP contribution is -2.22. The summed E-state index contributed by atoms with van der Waals surface area (Å²) in [5.74, 6) is 1.36. The third-order valence-corrected chi connectivity index (χ3v) is 3.15. The Bertz CT molecular complexity index is 626. The summed E-state index contributed by atoms with van der Waals surface area (Å²) in [5.41, 5.74) is 0.901. The number of ether oxygens (including phenoxy) is 2. The molecule has 1 aromatic heterocycles. The first-order valence-electron chi connectivity index (χ1n) is 8.49. The molecular formula is C17H26N6O2. The van der Waals surface area contributed by atoms with Crippen LogP contribution in [0.1, 0.15) is 20.8 Å². The maximum atomic E-state index is 5.48. The van der Waals surface area contributed by atoms with Gasteiger partial charge in [0.1, 0.15) is 6.23 Å². The summed E-state index contributed by atoms with van der Waals surface area (Å²) in [4.78, 5) is 13.2. The number of hydrogen-bond acceptors (Lipinski definition) is 8. The van der Waals surface area contributed by atoms with Crippen LogP contribution < -0.4 is 16.0 Å². The van der Waals surface area contributed by atoms with E-state index in [4.69, 9.17) is 9.47 Å². The molecule has 1 aromatic carbocycles. The zero-order valence-corrected chi connectivity index (χ0v) is 15.0. The second-order valence-electron chi connectivity index (χ2n) is 5.16. The van der Waals surface area contributed by atoms with E-state index in [9.17, 15) is 0 Å². The molecule has 1 atom stereocenters. The minimum Gasteiger partial charge on any atom is -0.380 e. The number of rotatable bonds is 11. The molecule has 1 heterocycles. The molecule has 0 fully saturated rings. The zero-order chi connectivity index (χ0) is 17.9. The van der Waals surface area contributed by atoms with Crippen molar-refractivity contribution < 1.29 is 9.47 Å². The molecule has 0 spiro atoms. The molecule has 0 bridgehead atoms. The van der Waals surface area contributed by atoms with Crippen molar-refractivity contribution in [1.82, 2.24) is 15.0 Å². The van der Waals surface area contributed by atoms with Crippen LogP contribution >= 0.6 is 0 Å². The lowest BCUT2D eigenvalue weighted by atomic mass is 10.3. The highest BCUT2D eigenvalue weighted by molar-refractivity contribution is 5.55. The van der Waals surface area contributed by atoms with E-state index in [1.165, 1.54) is 0 Å². The van der Waals surface area contributed by atoms with Crippen LogP contribution in [0.25, 0.3) is 0 Å². The molecule has 0 aliphatic carbocycles. The summed E-state index contributed by atoms with van der Waals surface area (Å²) in [6.45, 7) is 8.29. The number of nitrogens with zero attached hydrogens (tertiary/aromatic N) is 3. The van der Waals surface area contributed by atoms with Crippen LogP contribution in [0.15, 0.2) is 30.3 Å². The highest BCUT2D eigenvalue weighted by Crippen LogP contribution is 2.15. The monoisotopic (exact) mass is 346 g/mol. The summed E-state index contributed by atoms with van der Waals surface area (Å²) < 4.78 is 10.8. The molecular weight excluding hydrogens is 320 g/mol. The Morgan fingerprint density at radius 2 is 1.68 bits per heavy atom. The van der Waals surface area contributed by atoms with E-state index in [-0.39, 0.29) is 6.23 Å². The van der Waals surface area contributed by atoms with Crippen LogP contribution in [0.2, 0.25) is 0 Å². The first-order valence-corrected chi connectivity index (χ1v) is 8.49. The Hall–Kier alpha value is -2.45. The molecule has 0 aliphatic heterocycles. The van der Waals surface area contributed by atoms with Crippen molar-refractivity contribution in [2.24, 2.45) is 0 Å². The molecule has 136 valence electrons. The average Bonchev–Trinajstić information content (AvgIpc) is 2.60. The molecule has 0 saturated carbocycles. The van der Waals surface area contributed by atoms with Gasteiger partial charge < -0.3 is 25.4 Å². The van der Waals surface area contributed by atoms with E-state index in [2.05, 4.69) is 30.9 Å². The maximum Gasteiger partial charge on any atom is 0.233 e. The fourth-order valence-corrected chi connectivity index (χ4v) is 2.08.